The maximum Gasteiger partial charge on any atom is -0.0417 e. The Morgan fingerprint density at radius 1 is 0.440 bits per heavy atom. The van der Waals surface area contributed by atoms with Crippen LogP contribution in [0.2, 0.25) is 0 Å². The zero-order valence-electron chi connectivity index (χ0n) is 17.8. The van der Waals surface area contributed by atoms with Gasteiger partial charge in [0, 0.05) is 0 Å². The molecule has 0 heteroatoms. The molecule has 0 heterocycles. The van der Waals surface area contributed by atoms with Crippen LogP contribution in [-0.2, 0) is 0 Å². The number of hydrogen-bond donors (Lipinski definition) is 0. The van der Waals surface area contributed by atoms with Gasteiger partial charge >= 0.3 is 0 Å². The van der Waals surface area contributed by atoms with Gasteiger partial charge in [-0.2, -0.15) is 0 Å². The average Bonchev–Trinajstić information content (AvgIpc) is 2.63. The number of unbranched alkanes of at least 4 members (excludes halogenated alkanes) is 16. The lowest BCUT2D eigenvalue weighted by Crippen LogP contribution is -1.99. The molecule has 25 heavy (non-hydrogen) atoms. The van der Waals surface area contributed by atoms with E-state index in [0.29, 0.717) is 0 Å². The average molecular weight is 351 g/mol. The van der Waals surface area contributed by atoms with Crippen LogP contribution in [0.25, 0.3) is 0 Å². The molecule has 0 unspecified atom stereocenters. The van der Waals surface area contributed by atoms with Crippen molar-refractivity contribution in [2.45, 2.75) is 142 Å². The molecule has 0 nitrogen and oxygen atoms in total. The van der Waals surface area contributed by atoms with Crippen LogP contribution in [-0.4, -0.2) is 0 Å². The number of rotatable bonds is 21. The van der Waals surface area contributed by atoms with Crippen molar-refractivity contribution in [3.05, 3.63) is 13.8 Å². The summed E-state index contributed by atoms with van der Waals surface area (Å²) in [6.07, 6.45) is 29.6. The maximum absolute atomic E-state index is 3.92. The van der Waals surface area contributed by atoms with E-state index in [2.05, 4.69) is 20.8 Å². The van der Waals surface area contributed by atoms with Gasteiger partial charge in [0.1, 0.15) is 0 Å². The smallest absolute Gasteiger partial charge is 0.0417 e. The van der Waals surface area contributed by atoms with Crippen molar-refractivity contribution in [1.29, 1.82) is 0 Å². The van der Waals surface area contributed by atoms with Gasteiger partial charge < -0.3 is 0 Å². The molecule has 2 radical (unpaired) electrons. The third kappa shape index (κ3) is 20.2. The summed E-state index contributed by atoms with van der Waals surface area (Å²) in [7, 11) is 0. The predicted molar refractivity (Wildman–Crippen MR) is 117 cm³/mol. The molecule has 0 aliphatic rings. The molecule has 0 spiro atoms. The summed E-state index contributed by atoms with van der Waals surface area (Å²) in [6.45, 7) is 10.2. The van der Waals surface area contributed by atoms with Crippen LogP contribution in [0.1, 0.15) is 142 Å². The molecule has 0 fully saturated rings. The molecule has 0 saturated heterocycles. The fraction of sp³-hybridized carbons (Fsp3) is 0.920. The Bertz CT molecular complexity index is 198. The molecule has 0 bridgehead atoms. The van der Waals surface area contributed by atoms with Crippen LogP contribution in [0.5, 0.6) is 0 Å². The van der Waals surface area contributed by atoms with E-state index < -0.39 is 0 Å². The predicted octanol–water partition coefficient (Wildman–Crippen LogP) is 9.48. The molecule has 0 aromatic carbocycles. The fourth-order valence-electron chi connectivity index (χ4n) is 3.89. The Morgan fingerprint density at radius 2 is 0.720 bits per heavy atom. The lowest BCUT2D eigenvalue weighted by molar-refractivity contribution is 0.392. The molecule has 0 aromatic heterocycles. The van der Waals surface area contributed by atoms with E-state index in [1.807, 2.05) is 0 Å². The van der Waals surface area contributed by atoms with Crippen LogP contribution in [0.3, 0.4) is 0 Å². The van der Waals surface area contributed by atoms with E-state index in [9.17, 15) is 0 Å². The Kier molecular flexibility index (Phi) is 22.0. The van der Waals surface area contributed by atoms with E-state index >= 15 is 0 Å². The van der Waals surface area contributed by atoms with E-state index in [1.165, 1.54) is 122 Å². The normalized spacial score (nSPS) is 11.5. The van der Waals surface area contributed by atoms with Crippen molar-refractivity contribution in [1.82, 2.24) is 0 Å². The highest BCUT2D eigenvalue weighted by atomic mass is 14.1. The van der Waals surface area contributed by atoms with Crippen molar-refractivity contribution in [2.75, 3.05) is 0 Å². The summed E-state index contributed by atoms with van der Waals surface area (Å²) in [4.78, 5) is 0. The third-order valence-corrected chi connectivity index (χ3v) is 5.80. The second-order valence-corrected chi connectivity index (χ2v) is 8.22. The largest absolute Gasteiger partial charge is 0.0651 e. The topological polar surface area (TPSA) is 0 Å². The van der Waals surface area contributed by atoms with Gasteiger partial charge in [0.15, 0.2) is 0 Å². The second kappa shape index (κ2) is 22.0. The van der Waals surface area contributed by atoms with Gasteiger partial charge in [-0.15, -0.1) is 0 Å². The summed E-state index contributed by atoms with van der Waals surface area (Å²) in [5, 5.41) is 0. The molecule has 0 aliphatic heterocycles. The Labute approximate surface area is 161 Å². The van der Waals surface area contributed by atoms with Crippen LogP contribution >= 0.6 is 0 Å². The van der Waals surface area contributed by atoms with E-state index in [-0.39, 0.29) is 0 Å². The van der Waals surface area contributed by atoms with Gasteiger partial charge in [-0.25, -0.2) is 0 Å². The van der Waals surface area contributed by atoms with Gasteiger partial charge in [0.25, 0.3) is 0 Å². The minimum absolute atomic E-state index is 1.01. The molecule has 0 N–H and O–H groups in total. The Balaban J connectivity index is 3.28. The SMILES string of the molecule is [CH2]CCCCCCCCCCC(CC)CCCCCCCCCC[CH2]. The summed E-state index contributed by atoms with van der Waals surface area (Å²) in [5.74, 6) is 1.01. The quantitative estimate of drug-likeness (QED) is 0.181. The molecule has 0 aromatic rings. The maximum atomic E-state index is 3.92. The molecule has 0 amide bonds. The van der Waals surface area contributed by atoms with Crippen molar-refractivity contribution < 1.29 is 0 Å². The minimum atomic E-state index is 1.01. The van der Waals surface area contributed by atoms with Crippen molar-refractivity contribution >= 4 is 0 Å². The standard InChI is InChI=1S/C25H50/c1-4-7-9-11-13-15-17-19-21-23-25(6-3)24-22-20-18-16-14-12-10-8-5-2/h25H,1-2,4-24H2,3H3. The zero-order chi connectivity index (χ0) is 18.4. The highest BCUT2D eigenvalue weighted by Gasteiger charge is 2.05. The molecule has 0 atom stereocenters. The molecular formula is C25H50. The first-order valence-electron chi connectivity index (χ1n) is 11.9. The monoisotopic (exact) mass is 350 g/mol. The summed E-state index contributed by atoms with van der Waals surface area (Å²) in [5.41, 5.74) is 0. The van der Waals surface area contributed by atoms with Gasteiger partial charge in [0.2, 0.25) is 0 Å². The van der Waals surface area contributed by atoms with Crippen LogP contribution in [0, 0.1) is 19.8 Å². The minimum Gasteiger partial charge on any atom is -0.0651 e. The van der Waals surface area contributed by atoms with Gasteiger partial charge in [-0.3, -0.25) is 0 Å². The van der Waals surface area contributed by atoms with E-state index in [4.69, 9.17) is 0 Å². The fourth-order valence-corrected chi connectivity index (χ4v) is 3.89. The van der Waals surface area contributed by atoms with Crippen molar-refractivity contribution in [3.63, 3.8) is 0 Å². The highest BCUT2D eigenvalue weighted by molar-refractivity contribution is 4.59. The molecule has 150 valence electrons. The zero-order valence-corrected chi connectivity index (χ0v) is 17.8. The summed E-state index contributed by atoms with van der Waals surface area (Å²) < 4.78 is 0. The first-order chi connectivity index (χ1) is 12.3. The summed E-state index contributed by atoms with van der Waals surface area (Å²) in [6, 6.07) is 0. The van der Waals surface area contributed by atoms with Crippen LogP contribution in [0.15, 0.2) is 0 Å². The molecule has 0 aliphatic carbocycles. The van der Waals surface area contributed by atoms with Crippen molar-refractivity contribution in [3.8, 4) is 0 Å². The first-order valence-corrected chi connectivity index (χ1v) is 11.9. The summed E-state index contributed by atoms with van der Waals surface area (Å²) >= 11 is 0. The lowest BCUT2D eigenvalue weighted by Gasteiger charge is -2.14. The first kappa shape index (κ1) is 25.0. The van der Waals surface area contributed by atoms with Crippen LogP contribution in [0.4, 0.5) is 0 Å². The highest BCUT2D eigenvalue weighted by Crippen LogP contribution is 2.22. The van der Waals surface area contributed by atoms with Gasteiger partial charge in [-0.1, -0.05) is 156 Å². The van der Waals surface area contributed by atoms with E-state index in [0.717, 1.165) is 18.8 Å². The molecule has 0 saturated carbocycles. The van der Waals surface area contributed by atoms with Gasteiger partial charge in [-0.05, 0) is 5.92 Å². The number of hydrogen-bond acceptors (Lipinski definition) is 0. The van der Waals surface area contributed by atoms with Crippen LogP contribution < -0.4 is 0 Å². The van der Waals surface area contributed by atoms with Gasteiger partial charge in [0.05, 0.1) is 0 Å². The van der Waals surface area contributed by atoms with E-state index in [1.54, 1.807) is 0 Å². The Hall–Kier alpha value is 0. The third-order valence-electron chi connectivity index (χ3n) is 5.80. The molecule has 0 rings (SSSR count). The van der Waals surface area contributed by atoms with Crippen molar-refractivity contribution in [2.24, 2.45) is 5.92 Å². The Morgan fingerprint density at radius 3 is 1.00 bits per heavy atom. The molecular weight excluding hydrogens is 300 g/mol. The second-order valence-electron chi connectivity index (χ2n) is 8.22. The lowest BCUT2D eigenvalue weighted by atomic mass is 9.92.